The van der Waals surface area contributed by atoms with Crippen LogP contribution in [0.2, 0.25) is 0 Å². The van der Waals surface area contributed by atoms with E-state index in [-0.39, 0.29) is 17.5 Å². The smallest absolute Gasteiger partial charge is 0.259 e. The first kappa shape index (κ1) is 18.4. The fourth-order valence-electron chi connectivity index (χ4n) is 3.02. The molecule has 4 N–H and O–H groups in total. The molecule has 3 rings (SSSR count). The van der Waals surface area contributed by atoms with Crippen LogP contribution in [0.4, 0.5) is 0 Å². The van der Waals surface area contributed by atoms with E-state index in [1.807, 2.05) is 6.92 Å². The number of amides is 1. The van der Waals surface area contributed by atoms with Gasteiger partial charge in [-0.15, -0.1) is 11.3 Å². The third kappa shape index (κ3) is 4.43. The zero-order chi connectivity index (χ0) is 17.8. The highest BCUT2D eigenvalue weighted by Gasteiger charge is 2.19. The van der Waals surface area contributed by atoms with Crippen LogP contribution in [0, 0.1) is 0 Å². The molecule has 1 aliphatic carbocycles. The largest absolute Gasteiger partial charge is 0.352 e. The van der Waals surface area contributed by atoms with Crippen LogP contribution in [0.5, 0.6) is 0 Å². The first-order chi connectivity index (χ1) is 12.1. The average Bonchev–Trinajstić information content (AvgIpc) is 2.97. The van der Waals surface area contributed by atoms with Gasteiger partial charge in [0.25, 0.3) is 5.56 Å². The summed E-state index contributed by atoms with van der Waals surface area (Å²) < 4.78 is 0. The van der Waals surface area contributed by atoms with Gasteiger partial charge in [-0.2, -0.15) is 11.8 Å². The van der Waals surface area contributed by atoms with Crippen molar-refractivity contribution in [3.8, 4) is 0 Å². The van der Waals surface area contributed by atoms with Crippen molar-refractivity contribution >= 4 is 39.2 Å². The number of H-pyrrole nitrogens is 1. The Morgan fingerprint density at radius 1 is 1.44 bits per heavy atom. The molecule has 2 aromatic heterocycles. The molecule has 0 saturated heterocycles. The van der Waals surface area contributed by atoms with Gasteiger partial charge in [0, 0.05) is 29.6 Å². The van der Waals surface area contributed by atoms with Gasteiger partial charge in [0.2, 0.25) is 5.91 Å². The fourth-order valence-corrected chi connectivity index (χ4v) is 5.10. The number of fused-ring (bicyclic) bond motifs is 3. The van der Waals surface area contributed by atoms with E-state index in [1.54, 1.807) is 23.1 Å². The molecule has 6 nitrogen and oxygen atoms in total. The Labute approximate surface area is 155 Å². The summed E-state index contributed by atoms with van der Waals surface area (Å²) in [7, 11) is 0. The molecular formula is C17H24N4O2S2. The Kier molecular flexibility index (Phi) is 6.14. The number of hydrogen-bond acceptors (Lipinski definition) is 6. The standard InChI is InChI=1S/C17H24N4O2S2/c1-10(8-18)19-14(22)6-7-24-9-13-20-16(23)15-11-4-2-3-5-12(11)25-17(15)21-13/h10H,2-9,18H2,1H3,(H,19,22)(H,20,21,23)/t10-/m0/s1. The van der Waals surface area contributed by atoms with Crippen molar-refractivity contribution in [2.75, 3.05) is 12.3 Å². The lowest BCUT2D eigenvalue weighted by molar-refractivity contribution is -0.121. The zero-order valence-corrected chi connectivity index (χ0v) is 16.0. The number of carbonyl (C=O) groups is 1. The van der Waals surface area contributed by atoms with Crippen LogP contribution in [-0.2, 0) is 23.4 Å². The average molecular weight is 381 g/mol. The van der Waals surface area contributed by atoms with E-state index < -0.39 is 0 Å². The van der Waals surface area contributed by atoms with Crippen LogP contribution in [0.3, 0.4) is 0 Å². The van der Waals surface area contributed by atoms with Crippen molar-refractivity contribution in [1.29, 1.82) is 0 Å². The van der Waals surface area contributed by atoms with Gasteiger partial charge in [-0.3, -0.25) is 9.59 Å². The second kappa shape index (κ2) is 8.33. The third-order valence-electron chi connectivity index (χ3n) is 4.35. The Hall–Kier alpha value is -1.38. The summed E-state index contributed by atoms with van der Waals surface area (Å²) in [5, 5.41) is 3.64. The Morgan fingerprint density at radius 3 is 3.04 bits per heavy atom. The van der Waals surface area contributed by atoms with Crippen molar-refractivity contribution in [3.05, 3.63) is 26.6 Å². The van der Waals surface area contributed by atoms with Crippen molar-refractivity contribution in [3.63, 3.8) is 0 Å². The van der Waals surface area contributed by atoms with E-state index in [4.69, 9.17) is 5.73 Å². The maximum atomic E-state index is 12.5. The Morgan fingerprint density at radius 2 is 2.24 bits per heavy atom. The number of nitrogens with two attached hydrogens (primary N) is 1. The molecule has 1 aliphatic rings. The molecule has 2 aromatic rings. The lowest BCUT2D eigenvalue weighted by Gasteiger charge is -2.10. The molecule has 136 valence electrons. The highest BCUT2D eigenvalue weighted by atomic mass is 32.2. The molecule has 0 spiro atoms. The normalized spacial score (nSPS) is 15.1. The van der Waals surface area contributed by atoms with Crippen LogP contribution in [-0.4, -0.2) is 34.2 Å². The zero-order valence-electron chi connectivity index (χ0n) is 14.4. The predicted octanol–water partition coefficient (Wildman–Crippen LogP) is 1.95. The van der Waals surface area contributed by atoms with E-state index in [0.717, 1.165) is 29.5 Å². The first-order valence-electron chi connectivity index (χ1n) is 8.69. The minimum Gasteiger partial charge on any atom is -0.352 e. The van der Waals surface area contributed by atoms with Crippen molar-refractivity contribution in [2.24, 2.45) is 5.73 Å². The summed E-state index contributed by atoms with van der Waals surface area (Å²) in [6, 6.07) is 0.00258. The Bertz CT molecular complexity index is 815. The van der Waals surface area contributed by atoms with Crippen LogP contribution in [0.25, 0.3) is 10.2 Å². The number of aromatic nitrogens is 2. The topological polar surface area (TPSA) is 101 Å². The molecular weight excluding hydrogens is 356 g/mol. The number of nitrogens with zero attached hydrogens (tertiary/aromatic N) is 1. The molecule has 0 saturated carbocycles. The van der Waals surface area contributed by atoms with Gasteiger partial charge in [0.15, 0.2) is 0 Å². The fraction of sp³-hybridized carbons (Fsp3) is 0.588. The van der Waals surface area contributed by atoms with Gasteiger partial charge in [0.1, 0.15) is 10.7 Å². The van der Waals surface area contributed by atoms with Gasteiger partial charge < -0.3 is 16.0 Å². The molecule has 2 heterocycles. The van der Waals surface area contributed by atoms with E-state index in [9.17, 15) is 9.59 Å². The van der Waals surface area contributed by atoms with Crippen LogP contribution in [0.1, 0.15) is 42.5 Å². The van der Waals surface area contributed by atoms with Crippen LogP contribution < -0.4 is 16.6 Å². The summed E-state index contributed by atoms with van der Waals surface area (Å²) >= 11 is 3.27. The molecule has 8 heteroatoms. The molecule has 0 aromatic carbocycles. The number of thioether (sulfide) groups is 1. The predicted molar refractivity (Wildman–Crippen MR) is 104 cm³/mol. The molecule has 1 amide bonds. The third-order valence-corrected chi connectivity index (χ3v) is 6.50. The summed E-state index contributed by atoms with van der Waals surface area (Å²) in [6.07, 6.45) is 4.85. The molecule has 0 bridgehead atoms. The molecule has 0 unspecified atom stereocenters. The van der Waals surface area contributed by atoms with Gasteiger partial charge in [-0.25, -0.2) is 4.98 Å². The molecule has 0 radical (unpaired) electrons. The van der Waals surface area contributed by atoms with Crippen molar-refractivity contribution in [1.82, 2.24) is 15.3 Å². The minimum absolute atomic E-state index is 0.00258. The van der Waals surface area contributed by atoms with Crippen LogP contribution >= 0.6 is 23.1 Å². The summed E-state index contributed by atoms with van der Waals surface area (Å²) in [6.45, 7) is 2.32. The molecule has 1 atom stereocenters. The molecule has 0 aliphatic heterocycles. The van der Waals surface area contributed by atoms with Gasteiger partial charge >= 0.3 is 0 Å². The van der Waals surface area contributed by atoms with Gasteiger partial charge in [0.05, 0.1) is 11.1 Å². The molecule has 0 fully saturated rings. The SMILES string of the molecule is C[C@@H](CN)NC(=O)CCSCc1nc2sc3c(c2c(=O)[nH]1)CCCC3. The lowest BCUT2D eigenvalue weighted by Crippen LogP contribution is -2.37. The quantitative estimate of drug-likeness (QED) is 0.638. The van der Waals surface area contributed by atoms with E-state index in [2.05, 4.69) is 15.3 Å². The number of rotatable bonds is 7. The Balaban J connectivity index is 1.59. The summed E-state index contributed by atoms with van der Waals surface area (Å²) in [5.41, 5.74) is 6.68. The van der Waals surface area contributed by atoms with Crippen LogP contribution in [0.15, 0.2) is 4.79 Å². The van der Waals surface area contributed by atoms with Crippen molar-refractivity contribution < 1.29 is 4.79 Å². The number of thiophene rings is 1. The number of hydrogen-bond donors (Lipinski definition) is 3. The monoisotopic (exact) mass is 380 g/mol. The highest BCUT2D eigenvalue weighted by Crippen LogP contribution is 2.33. The number of nitrogens with one attached hydrogen (secondary N) is 2. The lowest BCUT2D eigenvalue weighted by atomic mass is 9.97. The van der Waals surface area contributed by atoms with E-state index >= 15 is 0 Å². The summed E-state index contributed by atoms with van der Waals surface area (Å²) in [5.74, 6) is 1.99. The van der Waals surface area contributed by atoms with E-state index in [1.165, 1.54) is 16.9 Å². The second-order valence-electron chi connectivity index (χ2n) is 6.41. The maximum Gasteiger partial charge on any atom is 0.259 e. The molecule has 25 heavy (non-hydrogen) atoms. The highest BCUT2D eigenvalue weighted by molar-refractivity contribution is 7.98. The van der Waals surface area contributed by atoms with Gasteiger partial charge in [-0.05, 0) is 38.2 Å². The maximum absolute atomic E-state index is 12.5. The number of carbonyl (C=O) groups excluding carboxylic acids is 1. The van der Waals surface area contributed by atoms with Gasteiger partial charge in [-0.1, -0.05) is 0 Å². The van der Waals surface area contributed by atoms with Crippen molar-refractivity contribution in [2.45, 2.75) is 50.8 Å². The minimum atomic E-state index is -0.0190. The number of aromatic amines is 1. The summed E-state index contributed by atoms with van der Waals surface area (Å²) in [4.78, 5) is 33.9. The first-order valence-corrected chi connectivity index (χ1v) is 10.7. The number of aryl methyl sites for hydroxylation is 2. The second-order valence-corrected chi connectivity index (χ2v) is 8.60. The van der Waals surface area contributed by atoms with E-state index in [0.29, 0.717) is 30.3 Å².